The Balaban J connectivity index is 1.60. The van der Waals surface area contributed by atoms with Crippen LogP contribution in [0.4, 0.5) is 0 Å². The molecule has 2 heterocycles. The Labute approximate surface area is 156 Å². The highest BCUT2D eigenvalue weighted by Gasteiger charge is 2.25. The lowest BCUT2D eigenvalue weighted by molar-refractivity contribution is -0.143. The second-order valence-electron chi connectivity index (χ2n) is 6.56. The van der Waals surface area contributed by atoms with Gasteiger partial charge in [-0.1, -0.05) is 37.6 Å². The molecule has 3 N–H and O–H groups in total. The predicted octanol–water partition coefficient (Wildman–Crippen LogP) is 2.77. The quantitative estimate of drug-likeness (QED) is 0.560. The number of aryl methyl sites for hydroxylation is 1. The number of nitrogens with one attached hydrogen (secondary N) is 2. The van der Waals surface area contributed by atoms with Gasteiger partial charge < -0.3 is 19.9 Å². The van der Waals surface area contributed by atoms with Crippen molar-refractivity contribution < 1.29 is 19.2 Å². The molecule has 8 heteroatoms. The lowest BCUT2D eigenvalue weighted by Crippen LogP contribution is -2.45. The van der Waals surface area contributed by atoms with Gasteiger partial charge in [-0.3, -0.25) is 4.79 Å². The highest BCUT2D eigenvalue weighted by molar-refractivity contribution is 5.84. The van der Waals surface area contributed by atoms with Crippen LogP contribution in [0.2, 0.25) is 0 Å². The number of fused-ring (bicyclic) bond motifs is 1. The molecule has 142 valence electrons. The van der Waals surface area contributed by atoms with Crippen LogP contribution in [0.15, 0.2) is 35.0 Å². The van der Waals surface area contributed by atoms with Crippen LogP contribution in [0.5, 0.6) is 0 Å². The van der Waals surface area contributed by atoms with E-state index in [1.165, 1.54) is 0 Å². The van der Waals surface area contributed by atoms with Crippen LogP contribution in [-0.2, 0) is 16.0 Å². The number of carbonyl (C=O) groups excluding carboxylic acids is 1. The molecule has 2 aromatic heterocycles. The van der Waals surface area contributed by atoms with Crippen molar-refractivity contribution in [2.75, 3.05) is 0 Å². The van der Waals surface area contributed by atoms with Gasteiger partial charge in [-0.05, 0) is 23.4 Å². The third-order valence-corrected chi connectivity index (χ3v) is 4.64. The average Bonchev–Trinajstić information content (AvgIpc) is 3.31. The number of hydrogen-bond donors (Lipinski definition) is 3. The number of H-pyrrole nitrogens is 1. The Morgan fingerprint density at radius 3 is 2.89 bits per heavy atom. The van der Waals surface area contributed by atoms with Gasteiger partial charge in [0.25, 0.3) is 0 Å². The number of carboxylic acids is 1. The molecule has 0 radical (unpaired) electrons. The third kappa shape index (κ3) is 4.33. The normalized spacial score (nSPS) is 13.4. The van der Waals surface area contributed by atoms with E-state index < -0.39 is 12.0 Å². The van der Waals surface area contributed by atoms with E-state index in [1.807, 2.05) is 37.4 Å². The number of aromatic nitrogens is 3. The average molecular weight is 370 g/mol. The van der Waals surface area contributed by atoms with Gasteiger partial charge in [-0.2, -0.15) is 4.98 Å². The van der Waals surface area contributed by atoms with Crippen molar-refractivity contribution in [3.8, 4) is 11.4 Å². The Morgan fingerprint density at radius 2 is 2.15 bits per heavy atom. The molecule has 1 aromatic carbocycles. The number of rotatable bonds is 8. The molecule has 0 aliphatic carbocycles. The van der Waals surface area contributed by atoms with Crippen molar-refractivity contribution in [1.29, 1.82) is 0 Å². The van der Waals surface area contributed by atoms with Gasteiger partial charge in [-0.25, -0.2) is 4.79 Å². The van der Waals surface area contributed by atoms with Crippen LogP contribution in [0.3, 0.4) is 0 Å². The van der Waals surface area contributed by atoms with Gasteiger partial charge in [0.1, 0.15) is 6.04 Å². The number of carbonyl (C=O) groups is 2. The SMILES string of the molecule is CC[C@@H](C)[C@@H](NC(=O)CCc1nc(-c2ccc3cc[nH]c3c2)no1)C(=O)O. The minimum Gasteiger partial charge on any atom is -0.480 e. The molecule has 3 aromatic rings. The smallest absolute Gasteiger partial charge is 0.326 e. The molecular formula is C19H22N4O4. The van der Waals surface area contributed by atoms with Crippen LogP contribution in [0.25, 0.3) is 22.3 Å². The van der Waals surface area contributed by atoms with E-state index in [0.717, 1.165) is 16.5 Å². The number of nitrogens with zero attached hydrogens (tertiary/aromatic N) is 2. The van der Waals surface area contributed by atoms with E-state index in [9.17, 15) is 14.7 Å². The zero-order valence-electron chi connectivity index (χ0n) is 15.2. The number of aromatic amines is 1. The molecular weight excluding hydrogens is 348 g/mol. The molecule has 3 rings (SSSR count). The van der Waals surface area contributed by atoms with E-state index in [2.05, 4.69) is 20.4 Å². The minimum atomic E-state index is -1.03. The molecule has 0 aliphatic heterocycles. The Morgan fingerprint density at radius 1 is 1.33 bits per heavy atom. The van der Waals surface area contributed by atoms with E-state index in [0.29, 0.717) is 18.1 Å². The fourth-order valence-electron chi connectivity index (χ4n) is 2.81. The van der Waals surface area contributed by atoms with Crippen LogP contribution in [-0.4, -0.2) is 38.1 Å². The molecule has 0 saturated carbocycles. The number of aliphatic carboxylic acids is 1. The molecule has 0 bridgehead atoms. The van der Waals surface area contributed by atoms with Crippen LogP contribution >= 0.6 is 0 Å². The fraction of sp³-hybridized carbons (Fsp3) is 0.368. The van der Waals surface area contributed by atoms with Gasteiger partial charge in [0, 0.05) is 30.1 Å². The molecule has 0 spiro atoms. The standard InChI is InChI=1S/C19H22N4O4/c1-3-11(2)17(19(25)26)21-15(24)6-7-16-22-18(23-27-16)13-5-4-12-8-9-20-14(12)10-13/h4-5,8-11,17,20H,3,6-7H2,1-2H3,(H,21,24)(H,25,26)/t11-,17-/m1/s1. The molecule has 0 unspecified atom stereocenters. The summed E-state index contributed by atoms with van der Waals surface area (Å²) >= 11 is 0. The van der Waals surface area contributed by atoms with Gasteiger partial charge >= 0.3 is 5.97 Å². The van der Waals surface area contributed by atoms with E-state index in [4.69, 9.17) is 4.52 Å². The summed E-state index contributed by atoms with van der Waals surface area (Å²) < 4.78 is 5.22. The zero-order valence-corrected chi connectivity index (χ0v) is 15.2. The Hall–Kier alpha value is -3.16. The van der Waals surface area contributed by atoms with Gasteiger partial charge in [0.05, 0.1) is 0 Å². The lowest BCUT2D eigenvalue weighted by atomic mass is 9.99. The summed E-state index contributed by atoms with van der Waals surface area (Å²) in [6, 6.07) is 6.88. The van der Waals surface area contributed by atoms with Crippen molar-refractivity contribution in [3.05, 3.63) is 36.4 Å². The lowest BCUT2D eigenvalue weighted by Gasteiger charge is -2.19. The first-order valence-electron chi connectivity index (χ1n) is 8.90. The Bertz CT molecular complexity index is 946. The molecule has 27 heavy (non-hydrogen) atoms. The van der Waals surface area contributed by atoms with Crippen molar-refractivity contribution >= 4 is 22.8 Å². The van der Waals surface area contributed by atoms with Crippen LogP contribution < -0.4 is 5.32 Å². The van der Waals surface area contributed by atoms with Crippen molar-refractivity contribution in [3.63, 3.8) is 0 Å². The number of carboxylic acid groups (broad SMARTS) is 1. The van der Waals surface area contributed by atoms with Gasteiger partial charge in [0.2, 0.25) is 17.6 Å². The highest BCUT2D eigenvalue weighted by atomic mass is 16.5. The van der Waals surface area contributed by atoms with Crippen molar-refractivity contribution in [2.24, 2.45) is 5.92 Å². The fourth-order valence-corrected chi connectivity index (χ4v) is 2.81. The third-order valence-electron chi connectivity index (χ3n) is 4.64. The predicted molar refractivity (Wildman–Crippen MR) is 98.9 cm³/mol. The summed E-state index contributed by atoms with van der Waals surface area (Å²) in [6.45, 7) is 3.68. The molecule has 1 amide bonds. The molecule has 0 fully saturated rings. The maximum Gasteiger partial charge on any atom is 0.326 e. The zero-order chi connectivity index (χ0) is 19.4. The molecule has 0 saturated heterocycles. The van der Waals surface area contributed by atoms with Gasteiger partial charge in [-0.15, -0.1) is 0 Å². The summed E-state index contributed by atoms with van der Waals surface area (Å²) in [6.07, 6.45) is 2.85. The minimum absolute atomic E-state index is 0.0809. The maximum absolute atomic E-state index is 12.1. The number of benzene rings is 1. The second-order valence-corrected chi connectivity index (χ2v) is 6.56. The summed E-state index contributed by atoms with van der Waals surface area (Å²) in [7, 11) is 0. The first-order valence-corrected chi connectivity index (χ1v) is 8.90. The first-order chi connectivity index (χ1) is 13.0. The van der Waals surface area contributed by atoms with E-state index in [-0.39, 0.29) is 24.7 Å². The summed E-state index contributed by atoms with van der Waals surface area (Å²) in [5.41, 5.74) is 1.79. The topological polar surface area (TPSA) is 121 Å². The summed E-state index contributed by atoms with van der Waals surface area (Å²) in [5, 5.41) is 16.9. The first kappa shape index (κ1) is 18.6. The van der Waals surface area contributed by atoms with Crippen LogP contribution in [0.1, 0.15) is 32.6 Å². The van der Waals surface area contributed by atoms with Crippen molar-refractivity contribution in [2.45, 2.75) is 39.2 Å². The van der Waals surface area contributed by atoms with E-state index >= 15 is 0 Å². The number of amides is 1. The molecule has 2 atom stereocenters. The summed E-state index contributed by atoms with van der Waals surface area (Å²) in [5.74, 6) is -0.746. The monoisotopic (exact) mass is 370 g/mol. The molecule has 8 nitrogen and oxygen atoms in total. The van der Waals surface area contributed by atoms with E-state index in [1.54, 1.807) is 6.92 Å². The van der Waals surface area contributed by atoms with Gasteiger partial charge in [0.15, 0.2) is 0 Å². The van der Waals surface area contributed by atoms with Crippen molar-refractivity contribution in [1.82, 2.24) is 20.4 Å². The number of hydrogen-bond acceptors (Lipinski definition) is 5. The highest BCUT2D eigenvalue weighted by Crippen LogP contribution is 2.21. The Kier molecular flexibility index (Phi) is 5.54. The molecule has 0 aliphatic rings. The maximum atomic E-state index is 12.1. The summed E-state index contributed by atoms with van der Waals surface area (Å²) in [4.78, 5) is 30.8. The largest absolute Gasteiger partial charge is 0.480 e. The second kappa shape index (κ2) is 8.03. The van der Waals surface area contributed by atoms with Crippen LogP contribution in [0, 0.1) is 5.92 Å².